The van der Waals surface area contributed by atoms with Gasteiger partial charge >= 0.3 is 0 Å². The minimum atomic E-state index is 0.115. The summed E-state index contributed by atoms with van der Waals surface area (Å²) in [5.41, 5.74) is 0. The molecule has 8 nitrogen and oxygen atoms in total. The predicted octanol–water partition coefficient (Wildman–Crippen LogP) is 8.43. The van der Waals surface area contributed by atoms with E-state index in [-0.39, 0.29) is 6.10 Å². The van der Waals surface area contributed by atoms with Crippen LogP contribution in [0.3, 0.4) is 0 Å². The topological polar surface area (TPSA) is 91.3 Å². The van der Waals surface area contributed by atoms with E-state index in [4.69, 9.17) is 19.5 Å². The third-order valence-corrected chi connectivity index (χ3v) is 12.6. The number of rotatable bonds is 11. The molecule has 6 rings (SSSR count). The van der Waals surface area contributed by atoms with Crippen LogP contribution in [0, 0.1) is 0 Å². The summed E-state index contributed by atoms with van der Waals surface area (Å²) in [5, 5.41) is 15.6. The Kier molecular flexibility index (Phi) is 15.6. The molecule has 5 unspecified atom stereocenters. The van der Waals surface area contributed by atoms with Crippen LogP contribution < -0.4 is 21.3 Å². The third kappa shape index (κ3) is 13.2. The second-order valence-corrected chi connectivity index (χ2v) is 17.0. The van der Waals surface area contributed by atoms with Gasteiger partial charge in [0.25, 0.3) is 0 Å². The van der Waals surface area contributed by atoms with Gasteiger partial charge in [-0.05, 0) is 110 Å². The summed E-state index contributed by atoms with van der Waals surface area (Å²) in [6, 6.07) is 3.00. The van der Waals surface area contributed by atoms with Crippen molar-refractivity contribution >= 4 is 11.9 Å². The van der Waals surface area contributed by atoms with Crippen LogP contribution in [0.5, 0.6) is 0 Å². The third-order valence-electron chi connectivity index (χ3n) is 12.6. The van der Waals surface area contributed by atoms with Gasteiger partial charge in [-0.1, -0.05) is 77.0 Å². The molecule has 280 valence electrons. The number of aliphatic imine (C=N–C) groups is 2. The second kappa shape index (κ2) is 20.5. The monoisotopic (exact) mass is 683 g/mol. The van der Waals surface area contributed by atoms with Crippen LogP contribution >= 0.6 is 0 Å². The van der Waals surface area contributed by atoms with E-state index >= 15 is 0 Å². The van der Waals surface area contributed by atoms with E-state index in [1.807, 2.05) is 0 Å². The minimum Gasteiger partial charge on any atom is -0.375 e. The van der Waals surface area contributed by atoms with Crippen molar-refractivity contribution in [2.24, 2.45) is 9.98 Å². The van der Waals surface area contributed by atoms with Gasteiger partial charge in [0.05, 0.1) is 37.0 Å². The highest BCUT2D eigenvalue weighted by Crippen LogP contribution is 2.27. The number of hydrogen-bond donors (Lipinski definition) is 4. The van der Waals surface area contributed by atoms with Crippen molar-refractivity contribution in [3.8, 4) is 0 Å². The summed E-state index contributed by atoms with van der Waals surface area (Å²) in [5.74, 6) is 2.17. The normalized spacial score (nSPS) is 31.6. The summed E-state index contributed by atoms with van der Waals surface area (Å²) in [7, 11) is 0. The molecule has 0 saturated heterocycles. The maximum absolute atomic E-state index is 6.68. The molecule has 49 heavy (non-hydrogen) atoms. The molecule has 6 aliphatic rings. The molecular weight excluding hydrogens is 608 g/mol. The first kappa shape index (κ1) is 37.2. The van der Waals surface area contributed by atoms with Crippen molar-refractivity contribution in [1.82, 2.24) is 21.3 Å². The van der Waals surface area contributed by atoms with Gasteiger partial charge in [0, 0.05) is 24.2 Å². The van der Waals surface area contributed by atoms with E-state index in [1.54, 1.807) is 0 Å². The van der Waals surface area contributed by atoms with Crippen molar-refractivity contribution in [1.29, 1.82) is 0 Å². The molecular formula is C41H74N6O2. The van der Waals surface area contributed by atoms with Gasteiger partial charge in [-0.2, -0.15) is 0 Å². The lowest BCUT2D eigenvalue weighted by Crippen LogP contribution is -2.50. The molecule has 4 N–H and O–H groups in total. The van der Waals surface area contributed by atoms with E-state index in [0.29, 0.717) is 55.1 Å². The van der Waals surface area contributed by atoms with Crippen molar-refractivity contribution in [2.75, 3.05) is 6.61 Å². The highest BCUT2D eigenvalue weighted by molar-refractivity contribution is 5.81. The van der Waals surface area contributed by atoms with Gasteiger partial charge in [-0.25, -0.2) is 9.98 Å². The lowest BCUT2D eigenvalue weighted by molar-refractivity contribution is -0.0851. The highest BCUT2D eigenvalue weighted by Gasteiger charge is 2.29. The van der Waals surface area contributed by atoms with Crippen LogP contribution in [-0.2, 0) is 9.47 Å². The fraction of sp³-hybridized carbons (Fsp3) is 0.951. The van der Waals surface area contributed by atoms with Gasteiger partial charge < -0.3 is 30.7 Å². The number of nitrogens with one attached hydrogen (secondary N) is 4. The average molecular weight is 683 g/mol. The molecule has 8 heteroatoms. The molecule has 0 aliphatic heterocycles. The predicted molar refractivity (Wildman–Crippen MR) is 203 cm³/mol. The Morgan fingerprint density at radius 1 is 0.469 bits per heavy atom. The van der Waals surface area contributed by atoms with E-state index in [1.165, 1.54) is 154 Å². The minimum absolute atomic E-state index is 0.115. The molecule has 0 aromatic carbocycles. The Hall–Kier alpha value is -1.54. The zero-order valence-corrected chi connectivity index (χ0v) is 31.4. The van der Waals surface area contributed by atoms with Gasteiger partial charge in [-0.15, -0.1) is 0 Å². The lowest BCUT2D eigenvalue weighted by atomic mass is 9.92. The van der Waals surface area contributed by atoms with E-state index < -0.39 is 0 Å². The molecule has 0 heterocycles. The van der Waals surface area contributed by atoms with Crippen molar-refractivity contribution in [2.45, 2.75) is 241 Å². The molecule has 0 bridgehead atoms. The molecule has 0 aromatic rings. The molecule has 0 amide bonds. The van der Waals surface area contributed by atoms with Gasteiger partial charge in [0.15, 0.2) is 11.9 Å². The van der Waals surface area contributed by atoms with Crippen LogP contribution in [0.4, 0.5) is 0 Å². The van der Waals surface area contributed by atoms with E-state index in [0.717, 1.165) is 37.6 Å². The molecule has 0 radical (unpaired) electrons. The summed E-state index contributed by atoms with van der Waals surface area (Å²) in [6.45, 7) is 2.91. The van der Waals surface area contributed by atoms with Crippen LogP contribution in [0.2, 0.25) is 0 Å². The quantitative estimate of drug-likeness (QED) is 0.129. The summed E-state index contributed by atoms with van der Waals surface area (Å²) >= 11 is 0. The summed E-state index contributed by atoms with van der Waals surface area (Å²) < 4.78 is 13.3. The van der Waals surface area contributed by atoms with Crippen LogP contribution in [0.25, 0.3) is 0 Å². The molecule has 0 aromatic heterocycles. The molecule has 0 spiro atoms. The van der Waals surface area contributed by atoms with Crippen molar-refractivity contribution < 1.29 is 9.47 Å². The van der Waals surface area contributed by atoms with Gasteiger partial charge in [0.1, 0.15) is 0 Å². The van der Waals surface area contributed by atoms with E-state index in [2.05, 4.69) is 28.2 Å². The Bertz CT molecular complexity index is 982. The van der Waals surface area contributed by atoms with E-state index in [9.17, 15) is 0 Å². The first-order chi connectivity index (χ1) is 24.1. The van der Waals surface area contributed by atoms with Crippen molar-refractivity contribution in [3.05, 3.63) is 0 Å². The van der Waals surface area contributed by atoms with Crippen LogP contribution in [0.15, 0.2) is 9.98 Å². The van der Waals surface area contributed by atoms with Crippen LogP contribution in [0.1, 0.15) is 187 Å². The first-order valence-electron chi connectivity index (χ1n) is 21.6. The Morgan fingerprint density at radius 2 is 0.857 bits per heavy atom. The zero-order chi connectivity index (χ0) is 33.5. The number of guanidine groups is 2. The smallest absolute Gasteiger partial charge is 0.191 e. The summed E-state index contributed by atoms with van der Waals surface area (Å²) in [4.78, 5) is 10.6. The second-order valence-electron chi connectivity index (χ2n) is 17.0. The fourth-order valence-corrected chi connectivity index (χ4v) is 9.75. The van der Waals surface area contributed by atoms with Gasteiger partial charge in [0.2, 0.25) is 0 Å². The molecule has 6 aliphatic carbocycles. The summed E-state index contributed by atoms with van der Waals surface area (Å²) in [6.07, 6.45) is 36.3. The lowest BCUT2D eigenvalue weighted by Gasteiger charge is -2.35. The Labute approximate surface area is 300 Å². The SMILES string of the molecule is CC(COC1CCCC(NC(=NC2CCCCC2)NC2CCCCC2)C1)OC1CCCC(NC(=NC2CCCCC2)NC2CCCCC2)C1. The average Bonchev–Trinajstić information content (AvgIpc) is 3.13. The van der Waals surface area contributed by atoms with Gasteiger partial charge in [-0.3, -0.25) is 0 Å². The van der Waals surface area contributed by atoms with Crippen molar-refractivity contribution in [3.63, 3.8) is 0 Å². The standard InChI is InChI=1S/C41H74N6O2/c1-31(49-39-27-15-25-37(29-39)47-41(44-34-20-10-4-11-21-34)45-35-22-12-5-13-23-35)30-48-38-26-14-24-36(28-38)46-40(42-32-16-6-2-7-17-32)43-33-18-8-3-9-19-33/h31-39H,2-30H2,1H3,(H2,42,43,46)(H2,44,45,47). The number of nitrogens with zero attached hydrogens (tertiary/aromatic N) is 2. The zero-order valence-electron chi connectivity index (χ0n) is 31.4. The van der Waals surface area contributed by atoms with Crippen LogP contribution in [-0.4, -0.2) is 73.1 Å². The fourth-order valence-electron chi connectivity index (χ4n) is 9.75. The molecule has 6 saturated carbocycles. The Balaban J connectivity index is 0.947. The molecule has 6 fully saturated rings. The maximum Gasteiger partial charge on any atom is 0.191 e. The molecule has 5 atom stereocenters. The maximum atomic E-state index is 6.68. The number of ether oxygens (including phenoxy) is 2. The largest absolute Gasteiger partial charge is 0.375 e. The highest BCUT2D eigenvalue weighted by atomic mass is 16.5. The first-order valence-corrected chi connectivity index (χ1v) is 21.6. The number of hydrogen-bond acceptors (Lipinski definition) is 4. The Morgan fingerprint density at radius 3 is 1.35 bits per heavy atom.